The van der Waals surface area contributed by atoms with Gasteiger partial charge in [0.1, 0.15) is 0 Å². The van der Waals surface area contributed by atoms with E-state index in [0.29, 0.717) is 50.6 Å². The lowest BCUT2D eigenvalue weighted by Crippen LogP contribution is -2.53. The van der Waals surface area contributed by atoms with Crippen molar-refractivity contribution in [3.05, 3.63) is 0 Å². The van der Waals surface area contributed by atoms with Gasteiger partial charge in [-0.05, 0) is 182 Å². The molecule has 0 aromatic heterocycles. The molecule has 11 heteroatoms. The fraction of sp³-hybridized carbons (Fsp3) is 1.00. The maximum Gasteiger partial charge on any atom is 0.0692 e. The molecule has 6 heterocycles. The Hall–Kier alpha value is -0.440. The highest BCUT2D eigenvalue weighted by atomic mass is 16.3. The minimum Gasteiger partial charge on any atom is -0.392 e. The second-order valence-electron chi connectivity index (χ2n) is 21.8. The predicted molar refractivity (Wildman–Crippen MR) is 246 cm³/mol. The zero-order chi connectivity index (χ0) is 44.4. The molecule has 6 rings (SSSR count). The van der Waals surface area contributed by atoms with Crippen LogP contribution in [0.2, 0.25) is 0 Å². The summed E-state index contributed by atoms with van der Waals surface area (Å²) in [7, 11) is 0. The van der Waals surface area contributed by atoms with Crippen LogP contribution in [0.5, 0.6) is 0 Å². The van der Waals surface area contributed by atoms with Crippen molar-refractivity contribution in [2.24, 2.45) is 0 Å². The van der Waals surface area contributed by atoms with Gasteiger partial charge in [-0.15, -0.1) is 0 Å². The van der Waals surface area contributed by atoms with Gasteiger partial charge in [0, 0.05) is 86.9 Å². The molecular formula is C47H100N6O5. The molecule has 6 aliphatic rings. The van der Waals surface area contributed by atoms with Crippen LogP contribution in [0.1, 0.15) is 162 Å². The maximum absolute atomic E-state index is 9.41. The quantitative estimate of drug-likeness (QED) is 0.240. The Kier molecular flexibility index (Phi) is 25.8. The number of rotatable bonds is 3. The van der Waals surface area contributed by atoms with E-state index in [0.717, 1.165) is 31.6 Å². The van der Waals surface area contributed by atoms with E-state index in [-0.39, 0.29) is 41.6 Å². The molecule has 5 N–H and O–H groups in total. The van der Waals surface area contributed by atoms with E-state index in [9.17, 15) is 20.4 Å². The van der Waals surface area contributed by atoms with Crippen molar-refractivity contribution in [2.45, 2.75) is 227 Å². The minimum atomic E-state index is -0.368. The van der Waals surface area contributed by atoms with Crippen molar-refractivity contribution in [2.75, 3.05) is 78.5 Å². The fourth-order valence-corrected chi connectivity index (χ4v) is 8.11. The van der Waals surface area contributed by atoms with Gasteiger partial charge in [-0.25, -0.2) is 0 Å². The summed E-state index contributed by atoms with van der Waals surface area (Å²) in [4.78, 5) is 14.1. The molecule has 0 radical (unpaired) electrons. The van der Waals surface area contributed by atoms with Gasteiger partial charge in [0.05, 0.1) is 30.5 Å². The fourth-order valence-electron chi connectivity index (χ4n) is 8.11. The molecule has 0 saturated carbocycles. The highest BCUT2D eigenvalue weighted by Crippen LogP contribution is 2.22. The van der Waals surface area contributed by atoms with Crippen molar-refractivity contribution in [3.8, 4) is 0 Å². The normalized spacial score (nSPS) is 28.5. The number of hydrogen-bond acceptors (Lipinski definition) is 11. The average molecular weight is 829 g/mol. The number of nitrogens with zero attached hydrogens (tertiary/aromatic N) is 6. The standard InChI is InChI=1S/2C9H19NO2.C9H19N.C7H15NO.C7H15N.C6H13N/c2*1-9(2,3)10-5-7(11)4-8(12)6-10;1-9(2,3)10-7-5-4-6-8-10;1-6(2)8-4-3-7(9)5-8;1-7(2)8-5-3-4-6-8;1-6(2)7-4-3-5-7/h2*7-8,11-12H,4-6H2,1-3H3;4-8H2,1-3H3;6-7,9H,3-5H2,1-2H3;7H,3-6H2,1-2H3;6H,3-5H2,1-2H3/t7-,8+;7-,8-;;7-;;/m.1.0../s1. The number of aliphatic hydroxyl groups excluding tert-OH is 5. The first-order chi connectivity index (χ1) is 26.7. The van der Waals surface area contributed by atoms with E-state index in [1.54, 1.807) is 0 Å². The summed E-state index contributed by atoms with van der Waals surface area (Å²) >= 11 is 0. The molecule has 6 fully saturated rings. The number of likely N-dealkylation sites (tertiary alicyclic amines) is 6. The van der Waals surface area contributed by atoms with Crippen molar-refractivity contribution < 1.29 is 25.5 Å². The van der Waals surface area contributed by atoms with E-state index in [1.165, 1.54) is 77.8 Å². The molecule has 11 nitrogen and oxygen atoms in total. The van der Waals surface area contributed by atoms with E-state index in [4.69, 9.17) is 5.11 Å². The summed E-state index contributed by atoms with van der Waals surface area (Å²) < 4.78 is 0. The second kappa shape index (κ2) is 26.9. The first-order valence-electron chi connectivity index (χ1n) is 23.6. The van der Waals surface area contributed by atoms with Crippen molar-refractivity contribution in [1.29, 1.82) is 0 Å². The predicted octanol–water partition coefficient (Wildman–Crippen LogP) is 5.75. The van der Waals surface area contributed by atoms with Crippen molar-refractivity contribution in [3.63, 3.8) is 0 Å². The summed E-state index contributed by atoms with van der Waals surface area (Å²) in [5.41, 5.74) is 0.491. The topological polar surface area (TPSA) is 121 Å². The van der Waals surface area contributed by atoms with Crippen LogP contribution in [0.4, 0.5) is 0 Å². The van der Waals surface area contributed by atoms with Crippen LogP contribution in [-0.2, 0) is 0 Å². The first-order valence-corrected chi connectivity index (χ1v) is 23.6. The number of β-amino-alcohol motifs (C(OH)–C–C–N with tert-alkyl or cyclic N) is 5. The summed E-state index contributed by atoms with van der Waals surface area (Å²) in [5.74, 6) is 0. The number of hydrogen-bond donors (Lipinski definition) is 5. The Morgan fingerprint density at radius 2 is 0.655 bits per heavy atom. The van der Waals surface area contributed by atoms with Crippen LogP contribution in [0.25, 0.3) is 0 Å². The van der Waals surface area contributed by atoms with Crippen LogP contribution in [0.15, 0.2) is 0 Å². The highest BCUT2D eigenvalue weighted by molar-refractivity contribution is 4.87. The third-order valence-corrected chi connectivity index (χ3v) is 12.4. The average Bonchev–Trinajstić information content (AvgIpc) is 3.77. The highest BCUT2D eigenvalue weighted by Gasteiger charge is 2.32. The van der Waals surface area contributed by atoms with Crippen LogP contribution < -0.4 is 0 Å². The van der Waals surface area contributed by atoms with Crippen LogP contribution in [0, 0.1) is 0 Å². The molecule has 6 saturated heterocycles. The summed E-state index contributed by atoms with van der Waals surface area (Å²) in [5, 5.41) is 46.8. The largest absolute Gasteiger partial charge is 0.392 e. The van der Waals surface area contributed by atoms with Crippen LogP contribution >= 0.6 is 0 Å². The Bertz CT molecular complexity index is 972. The Morgan fingerprint density at radius 1 is 0.345 bits per heavy atom. The summed E-state index contributed by atoms with van der Waals surface area (Å²) in [6.45, 7) is 45.5. The molecule has 6 aliphatic heterocycles. The zero-order valence-electron chi connectivity index (χ0n) is 40.9. The molecule has 58 heavy (non-hydrogen) atoms. The van der Waals surface area contributed by atoms with Crippen molar-refractivity contribution in [1.82, 2.24) is 29.4 Å². The zero-order valence-corrected chi connectivity index (χ0v) is 40.9. The smallest absolute Gasteiger partial charge is 0.0692 e. The third kappa shape index (κ3) is 23.7. The van der Waals surface area contributed by atoms with Crippen molar-refractivity contribution >= 4 is 0 Å². The van der Waals surface area contributed by atoms with Gasteiger partial charge < -0.3 is 35.3 Å². The van der Waals surface area contributed by atoms with Gasteiger partial charge in [-0.2, -0.15) is 0 Å². The monoisotopic (exact) mass is 829 g/mol. The molecule has 0 aromatic carbocycles. The SMILES string of the molecule is CC(C)(C)N1CCCCC1.CC(C)(C)N1C[C@H](O)C[C@@H](O)C1.CC(C)(C)N1C[C@H](O)C[C@H](O)C1.CC(C)N1CCC1.CC(C)N1CCCC1.CC(C)N1CC[C@H](O)C1. The van der Waals surface area contributed by atoms with E-state index >= 15 is 0 Å². The maximum atomic E-state index is 9.41. The summed E-state index contributed by atoms with van der Waals surface area (Å²) in [6, 6.07) is 2.16. The molecule has 0 amide bonds. The minimum absolute atomic E-state index is 0.0440. The molecule has 0 bridgehead atoms. The molecule has 0 unspecified atom stereocenters. The Morgan fingerprint density at radius 3 is 0.845 bits per heavy atom. The number of aliphatic hydroxyl groups is 5. The van der Waals surface area contributed by atoms with Gasteiger partial charge in [-0.3, -0.25) is 19.6 Å². The molecule has 0 aromatic rings. The molecule has 0 spiro atoms. The van der Waals surface area contributed by atoms with Gasteiger partial charge in [-0.1, -0.05) is 6.42 Å². The van der Waals surface area contributed by atoms with Gasteiger partial charge in [0.2, 0.25) is 0 Å². The summed E-state index contributed by atoms with van der Waals surface area (Å²) in [6.07, 6.45) is 8.95. The van der Waals surface area contributed by atoms with E-state index < -0.39 is 0 Å². The Balaban J connectivity index is 0.000000351. The Labute approximate surface area is 359 Å². The van der Waals surface area contributed by atoms with E-state index in [2.05, 4.69) is 133 Å². The molecule has 348 valence electrons. The molecular weight excluding hydrogens is 729 g/mol. The lowest BCUT2D eigenvalue weighted by atomic mass is 9.98. The van der Waals surface area contributed by atoms with Gasteiger partial charge in [0.15, 0.2) is 0 Å². The first kappa shape index (κ1) is 55.6. The lowest BCUT2D eigenvalue weighted by Gasteiger charge is -2.42. The lowest BCUT2D eigenvalue weighted by molar-refractivity contribution is -0.0412. The third-order valence-electron chi connectivity index (χ3n) is 12.4. The number of piperidine rings is 3. The molecule has 0 aliphatic carbocycles. The van der Waals surface area contributed by atoms with Gasteiger partial charge >= 0.3 is 0 Å². The van der Waals surface area contributed by atoms with E-state index in [1.807, 2.05) is 0 Å². The van der Waals surface area contributed by atoms with Gasteiger partial charge in [0.25, 0.3) is 0 Å². The van der Waals surface area contributed by atoms with Crippen LogP contribution in [-0.4, -0.2) is 199 Å². The van der Waals surface area contributed by atoms with Crippen LogP contribution in [0.3, 0.4) is 0 Å². The second-order valence-corrected chi connectivity index (χ2v) is 21.8. The molecule has 5 atom stereocenters.